The number of hydrazine groups is 1. The third-order valence-corrected chi connectivity index (χ3v) is 2.90. The van der Waals surface area contributed by atoms with Gasteiger partial charge in [0.2, 0.25) is 0 Å². The van der Waals surface area contributed by atoms with Gasteiger partial charge >= 0.3 is 12.0 Å². The first-order valence-electron chi connectivity index (χ1n) is 5.74. The number of carbonyl (C=O) groups excluding carboxylic acids is 2. The number of rotatable bonds is 3. The maximum absolute atomic E-state index is 11.8. The summed E-state index contributed by atoms with van der Waals surface area (Å²) in [5.74, 6) is -0.439. The van der Waals surface area contributed by atoms with Crippen LogP contribution >= 0.6 is 0 Å². The molecule has 0 spiro atoms. The number of anilines is 2. The van der Waals surface area contributed by atoms with E-state index in [2.05, 4.69) is 16.6 Å². The maximum Gasteiger partial charge on any atom is 0.340 e. The van der Waals surface area contributed by atoms with Crippen molar-refractivity contribution in [2.75, 3.05) is 31.0 Å². The van der Waals surface area contributed by atoms with Crippen molar-refractivity contribution >= 4 is 23.4 Å². The molecule has 2 rings (SSSR count). The first kappa shape index (κ1) is 12.9. The molecule has 0 radical (unpaired) electrons. The van der Waals surface area contributed by atoms with Gasteiger partial charge in [0.05, 0.1) is 30.6 Å². The van der Waals surface area contributed by atoms with E-state index in [1.807, 2.05) is 0 Å². The van der Waals surface area contributed by atoms with Crippen molar-refractivity contribution in [3.63, 3.8) is 0 Å². The average Bonchev–Trinajstić information content (AvgIpc) is 2.42. The Morgan fingerprint density at radius 2 is 2.26 bits per heavy atom. The molecule has 100 valence electrons. The maximum atomic E-state index is 11.8. The fourth-order valence-corrected chi connectivity index (χ4v) is 1.92. The largest absolute Gasteiger partial charge is 0.465 e. The van der Waals surface area contributed by atoms with Crippen LogP contribution < -0.4 is 10.3 Å². The zero-order valence-electron chi connectivity index (χ0n) is 10.8. The molecule has 0 aliphatic carbocycles. The minimum atomic E-state index is -0.439. The van der Waals surface area contributed by atoms with Gasteiger partial charge in [-0.15, -0.1) is 6.58 Å². The molecule has 0 unspecified atom stereocenters. The molecule has 1 aromatic carbocycles. The number of fused-ring (bicyclic) bond motifs is 1. The summed E-state index contributed by atoms with van der Waals surface area (Å²) in [6, 6.07) is 4.76. The van der Waals surface area contributed by atoms with Gasteiger partial charge < -0.3 is 10.1 Å². The molecule has 0 saturated heterocycles. The summed E-state index contributed by atoms with van der Waals surface area (Å²) in [4.78, 5) is 23.3. The lowest BCUT2D eigenvalue weighted by Gasteiger charge is -2.38. The van der Waals surface area contributed by atoms with Crippen molar-refractivity contribution in [2.24, 2.45) is 0 Å². The topological polar surface area (TPSA) is 61.9 Å². The highest BCUT2D eigenvalue weighted by atomic mass is 16.5. The summed E-state index contributed by atoms with van der Waals surface area (Å²) < 4.78 is 4.66. The summed E-state index contributed by atoms with van der Waals surface area (Å²) >= 11 is 0. The number of esters is 1. The van der Waals surface area contributed by atoms with Crippen molar-refractivity contribution in [3.05, 3.63) is 36.4 Å². The van der Waals surface area contributed by atoms with Gasteiger partial charge in [-0.2, -0.15) is 0 Å². The Balaban J connectivity index is 2.44. The van der Waals surface area contributed by atoms with Crippen molar-refractivity contribution in [1.29, 1.82) is 0 Å². The molecular weight excluding hydrogens is 246 g/mol. The summed E-state index contributed by atoms with van der Waals surface area (Å²) in [7, 11) is 2.98. The minimum absolute atomic E-state index is 0.267. The van der Waals surface area contributed by atoms with Crippen LogP contribution in [0.4, 0.5) is 16.2 Å². The molecule has 19 heavy (non-hydrogen) atoms. The van der Waals surface area contributed by atoms with E-state index in [1.165, 1.54) is 12.1 Å². The molecule has 0 saturated carbocycles. The van der Waals surface area contributed by atoms with Gasteiger partial charge in [0.1, 0.15) is 0 Å². The molecular formula is C13H15N3O3. The van der Waals surface area contributed by atoms with Crippen LogP contribution in [0, 0.1) is 0 Å². The number of methoxy groups -OCH3 is 1. The number of nitrogens with one attached hydrogen (secondary N) is 1. The number of nitrogens with zero attached hydrogens (tertiary/aromatic N) is 2. The molecule has 6 nitrogen and oxygen atoms in total. The predicted molar refractivity (Wildman–Crippen MR) is 72.1 cm³/mol. The van der Waals surface area contributed by atoms with Crippen LogP contribution in [0.25, 0.3) is 0 Å². The fourth-order valence-electron chi connectivity index (χ4n) is 1.92. The second kappa shape index (κ2) is 5.01. The first-order chi connectivity index (χ1) is 9.08. The number of ether oxygens (including phenoxy) is 1. The smallest absolute Gasteiger partial charge is 0.340 e. The quantitative estimate of drug-likeness (QED) is 0.666. The molecule has 1 aliphatic heterocycles. The number of hydrogen-bond acceptors (Lipinski definition) is 4. The summed E-state index contributed by atoms with van der Waals surface area (Å²) in [6.07, 6.45) is 1.70. The van der Waals surface area contributed by atoms with Gasteiger partial charge in [0.15, 0.2) is 0 Å². The lowest BCUT2D eigenvalue weighted by molar-refractivity contribution is 0.0600. The molecule has 1 aromatic rings. The van der Waals surface area contributed by atoms with Gasteiger partial charge in [-0.1, -0.05) is 6.08 Å². The zero-order valence-corrected chi connectivity index (χ0v) is 10.8. The highest BCUT2D eigenvalue weighted by molar-refractivity contribution is 6.00. The normalized spacial score (nSPS) is 13.7. The molecule has 1 aliphatic rings. The Bertz CT molecular complexity index is 542. The van der Waals surface area contributed by atoms with Crippen LogP contribution in [0.15, 0.2) is 30.9 Å². The van der Waals surface area contributed by atoms with Crippen LogP contribution in [-0.2, 0) is 4.74 Å². The minimum Gasteiger partial charge on any atom is -0.465 e. The van der Waals surface area contributed by atoms with Crippen LogP contribution in [0.1, 0.15) is 10.4 Å². The van der Waals surface area contributed by atoms with E-state index in [9.17, 15) is 9.59 Å². The number of hydrogen-bond donors (Lipinski definition) is 1. The predicted octanol–water partition coefficient (Wildman–Crippen LogP) is 1.86. The Morgan fingerprint density at radius 1 is 1.53 bits per heavy atom. The SMILES string of the molecule is C=CCN1c2ccc(C(=O)OC)cc2NC(=O)N1C. The number of carbonyl (C=O) groups is 2. The Hall–Kier alpha value is -2.50. The van der Waals surface area contributed by atoms with Crippen molar-refractivity contribution in [3.8, 4) is 0 Å². The lowest BCUT2D eigenvalue weighted by atomic mass is 10.1. The average molecular weight is 261 g/mol. The van der Waals surface area contributed by atoms with Gasteiger partial charge in [0, 0.05) is 7.05 Å². The molecule has 0 atom stereocenters. The van der Waals surface area contributed by atoms with E-state index in [0.717, 1.165) is 5.69 Å². The molecule has 6 heteroatoms. The molecule has 0 fully saturated rings. The van der Waals surface area contributed by atoms with E-state index in [-0.39, 0.29) is 6.03 Å². The van der Waals surface area contributed by atoms with E-state index >= 15 is 0 Å². The van der Waals surface area contributed by atoms with Crippen molar-refractivity contribution < 1.29 is 14.3 Å². The monoisotopic (exact) mass is 261 g/mol. The van der Waals surface area contributed by atoms with Crippen LogP contribution in [0.5, 0.6) is 0 Å². The van der Waals surface area contributed by atoms with E-state index in [4.69, 9.17) is 0 Å². The molecule has 1 heterocycles. The standard InChI is InChI=1S/C13H15N3O3/c1-4-7-16-11-6-5-9(12(17)19-3)8-10(11)14-13(18)15(16)2/h4-6,8H,1,7H2,2-3H3,(H,14,18). The Morgan fingerprint density at radius 3 is 2.89 bits per heavy atom. The van der Waals surface area contributed by atoms with Crippen molar-refractivity contribution in [2.45, 2.75) is 0 Å². The summed E-state index contributed by atoms with van der Waals surface area (Å²) in [5.41, 5.74) is 1.77. The second-order valence-electron chi connectivity index (χ2n) is 4.05. The van der Waals surface area contributed by atoms with E-state index in [1.54, 1.807) is 36.3 Å². The van der Waals surface area contributed by atoms with Crippen LogP contribution in [0.3, 0.4) is 0 Å². The number of urea groups is 1. The summed E-state index contributed by atoms with van der Waals surface area (Å²) in [6.45, 7) is 4.17. The highest BCUT2D eigenvalue weighted by Crippen LogP contribution is 2.32. The van der Waals surface area contributed by atoms with Crippen LogP contribution in [-0.4, -0.2) is 37.7 Å². The Kier molecular flexibility index (Phi) is 3.41. The molecule has 0 bridgehead atoms. The molecule has 1 N–H and O–H groups in total. The van der Waals surface area contributed by atoms with E-state index in [0.29, 0.717) is 17.8 Å². The first-order valence-corrected chi connectivity index (χ1v) is 5.74. The lowest BCUT2D eigenvalue weighted by Crippen LogP contribution is -2.49. The highest BCUT2D eigenvalue weighted by Gasteiger charge is 2.26. The molecule has 0 aromatic heterocycles. The zero-order chi connectivity index (χ0) is 14.0. The van der Waals surface area contributed by atoms with Crippen LogP contribution in [0.2, 0.25) is 0 Å². The third-order valence-electron chi connectivity index (χ3n) is 2.90. The molecule has 2 amide bonds. The van der Waals surface area contributed by atoms with Gasteiger partial charge in [0.25, 0.3) is 0 Å². The fraction of sp³-hybridized carbons (Fsp3) is 0.231. The second-order valence-corrected chi connectivity index (χ2v) is 4.05. The van der Waals surface area contributed by atoms with Crippen molar-refractivity contribution in [1.82, 2.24) is 5.01 Å². The van der Waals surface area contributed by atoms with Gasteiger partial charge in [-0.05, 0) is 18.2 Å². The Labute approximate surface area is 111 Å². The van der Waals surface area contributed by atoms with Gasteiger partial charge in [-0.3, -0.25) is 5.01 Å². The summed E-state index contributed by atoms with van der Waals surface area (Å²) in [5, 5.41) is 5.95. The van der Waals surface area contributed by atoms with Gasteiger partial charge in [-0.25, -0.2) is 14.6 Å². The number of amides is 2. The van der Waals surface area contributed by atoms with E-state index < -0.39 is 5.97 Å². The number of benzene rings is 1. The third kappa shape index (κ3) is 2.24.